The van der Waals surface area contributed by atoms with Gasteiger partial charge < -0.3 is 14.9 Å². The first-order chi connectivity index (χ1) is 14.3. The molecule has 1 unspecified atom stereocenters. The second kappa shape index (κ2) is 6.54. The second-order valence-corrected chi connectivity index (χ2v) is 8.79. The van der Waals surface area contributed by atoms with Crippen LogP contribution in [0.15, 0.2) is 30.5 Å². The summed E-state index contributed by atoms with van der Waals surface area (Å²) in [5.74, 6) is -1.93. The van der Waals surface area contributed by atoms with Crippen LogP contribution in [0, 0.1) is 42.7 Å². The Morgan fingerprint density at radius 3 is 2.33 bits per heavy atom. The molecule has 1 aromatic heterocycles. The molecule has 0 amide bonds. The SMILES string of the molecule is Cc1cc(C)c(C2C(=O)[C@@H]3[C@@H]4O[C@@H](C[C@H]4c4ccc([N+](=O)[O-])nc4)[C@@H]3C2=O)c(C)c1. The van der Waals surface area contributed by atoms with Gasteiger partial charge in [0, 0.05) is 17.5 Å². The molecule has 154 valence electrons. The van der Waals surface area contributed by atoms with Crippen LogP contribution >= 0.6 is 0 Å². The molecule has 0 spiro atoms. The zero-order chi connectivity index (χ0) is 21.3. The van der Waals surface area contributed by atoms with Gasteiger partial charge in [0.15, 0.2) is 11.6 Å². The lowest BCUT2D eigenvalue weighted by Gasteiger charge is -2.25. The molecule has 30 heavy (non-hydrogen) atoms. The normalized spacial score (nSPS) is 32.0. The van der Waals surface area contributed by atoms with E-state index in [-0.39, 0.29) is 35.5 Å². The summed E-state index contributed by atoms with van der Waals surface area (Å²) in [5.41, 5.74) is 4.73. The van der Waals surface area contributed by atoms with Gasteiger partial charge in [0.1, 0.15) is 12.1 Å². The highest BCUT2D eigenvalue weighted by molar-refractivity contribution is 6.17. The van der Waals surface area contributed by atoms with Gasteiger partial charge in [0.25, 0.3) is 0 Å². The number of rotatable bonds is 3. The molecule has 2 saturated heterocycles. The molecular formula is C23H22N2O5. The van der Waals surface area contributed by atoms with Crippen molar-refractivity contribution in [2.45, 2.75) is 51.2 Å². The molecule has 1 saturated carbocycles. The highest BCUT2D eigenvalue weighted by Gasteiger charge is 2.66. The predicted molar refractivity (Wildman–Crippen MR) is 107 cm³/mol. The Bertz CT molecular complexity index is 1070. The zero-order valence-corrected chi connectivity index (χ0v) is 17.0. The lowest BCUT2D eigenvalue weighted by Crippen LogP contribution is -2.34. The average molecular weight is 406 g/mol. The fourth-order valence-electron chi connectivity index (χ4n) is 5.94. The summed E-state index contributed by atoms with van der Waals surface area (Å²) < 4.78 is 6.09. The molecule has 6 atom stereocenters. The first-order valence-electron chi connectivity index (χ1n) is 10.2. The van der Waals surface area contributed by atoms with Crippen molar-refractivity contribution in [2.24, 2.45) is 11.8 Å². The number of Topliss-reactive ketones (excluding diaryl/α,β-unsaturated/α-hetero) is 2. The lowest BCUT2D eigenvalue weighted by molar-refractivity contribution is -0.389. The van der Waals surface area contributed by atoms with Crippen LogP contribution in [-0.4, -0.2) is 33.7 Å². The van der Waals surface area contributed by atoms with Gasteiger partial charge in [-0.05, 0) is 59.9 Å². The first-order valence-corrected chi connectivity index (χ1v) is 10.2. The summed E-state index contributed by atoms with van der Waals surface area (Å²) in [7, 11) is 0. The van der Waals surface area contributed by atoms with Crippen molar-refractivity contribution in [3.8, 4) is 0 Å². The van der Waals surface area contributed by atoms with Crippen molar-refractivity contribution in [3.05, 3.63) is 68.4 Å². The molecule has 3 fully saturated rings. The first kappa shape index (κ1) is 19.1. The number of carbonyl (C=O) groups excluding carboxylic acids is 2. The monoisotopic (exact) mass is 406 g/mol. The fraction of sp³-hybridized carbons (Fsp3) is 0.435. The molecule has 0 N–H and O–H groups in total. The number of carbonyl (C=O) groups is 2. The average Bonchev–Trinajstić information content (AvgIpc) is 3.34. The van der Waals surface area contributed by atoms with E-state index in [1.807, 2.05) is 32.9 Å². The number of benzene rings is 1. The van der Waals surface area contributed by atoms with Crippen molar-refractivity contribution in [3.63, 3.8) is 0 Å². The maximum Gasteiger partial charge on any atom is 0.363 e. The number of hydrogen-bond acceptors (Lipinski definition) is 6. The van der Waals surface area contributed by atoms with Gasteiger partial charge in [-0.15, -0.1) is 0 Å². The third-order valence-corrected chi connectivity index (χ3v) is 6.99. The van der Waals surface area contributed by atoms with E-state index in [2.05, 4.69) is 4.98 Å². The Balaban J connectivity index is 1.48. The van der Waals surface area contributed by atoms with Crippen LogP contribution in [-0.2, 0) is 14.3 Å². The maximum absolute atomic E-state index is 13.5. The Kier molecular flexibility index (Phi) is 4.15. The summed E-state index contributed by atoms with van der Waals surface area (Å²) in [5, 5.41) is 10.9. The molecule has 2 bridgehead atoms. The third-order valence-electron chi connectivity index (χ3n) is 6.99. The fourth-order valence-corrected chi connectivity index (χ4v) is 5.94. The molecule has 5 rings (SSSR count). The summed E-state index contributed by atoms with van der Waals surface area (Å²) in [4.78, 5) is 41.1. The molecule has 7 nitrogen and oxygen atoms in total. The van der Waals surface area contributed by atoms with Crippen molar-refractivity contribution in [1.82, 2.24) is 4.98 Å². The molecular weight excluding hydrogens is 384 g/mol. The van der Waals surface area contributed by atoms with E-state index in [1.54, 1.807) is 6.07 Å². The van der Waals surface area contributed by atoms with E-state index in [1.165, 1.54) is 12.3 Å². The minimum absolute atomic E-state index is 0.0205. The van der Waals surface area contributed by atoms with Gasteiger partial charge in [-0.1, -0.05) is 17.7 Å². The van der Waals surface area contributed by atoms with Gasteiger partial charge in [-0.25, -0.2) is 0 Å². The highest BCUT2D eigenvalue weighted by Crippen LogP contribution is 2.57. The second-order valence-electron chi connectivity index (χ2n) is 8.79. The Hall–Kier alpha value is -2.93. The van der Waals surface area contributed by atoms with Gasteiger partial charge >= 0.3 is 5.82 Å². The number of nitrogens with zero attached hydrogens (tertiary/aromatic N) is 2. The number of aryl methyl sites for hydroxylation is 3. The van der Waals surface area contributed by atoms with Gasteiger partial charge in [-0.3, -0.25) is 9.59 Å². The van der Waals surface area contributed by atoms with Crippen LogP contribution in [0.5, 0.6) is 0 Å². The molecule has 2 aromatic rings. The van der Waals surface area contributed by atoms with E-state index >= 15 is 0 Å². The molecule has 0 radical (unpaired) electrons. The number of fused-ring (bicyclic) bond motifs is 5. The molecule has 3 heterocycles. The predicted octanol–water partition coefficient (Wildman–Crippen LogP) is 3.34. The lowest BCUT2D eigenvalue weighted by atomic mass is 9.73. The number of nitro groups is 1. The molecule has 7 heteroatoms. The van der Waals surface area contributed by atoms with Crippen LogP contribution in [0.25, 0.3) is 0 Å². The summed E-state index contributed by atoms with van der Waals surface area (Å²) in [6, 6.07) is 7.10. The molecule has 1 aliphatic carbocycles. The topological polar surface area (TPSA) is 99.4 Å². The molecule has 2 aliphatic heterocycles. The number of pyridine rings is 1. The summed E-state index contributed by atoms with van der Waals surface area (Å²) in [6.07, 6.45) is 1.46. The van der Waals surface area contributed by atoms with Crippen molar-refractivity contribution in [1.29, 1.82) is 0 Å². The van der Waals surface area contributed by atoms with Gasteiger partial charge in [0.2, 0.25) is 0 Å². The standard InChI is InChI=1S/C23H22N2O5/c1-10-6-11(2)17(12(3)7-10)19-21(26)18-15-8-14(23(30-15)20(18)22(19)27)13-4-5-16(24-9-13)25(28)29/h4-7,9,14-15,18-20,23H,8H2,1-3H3/t14-,15-,18-,19?,20+,23+/m0/s1. The largest absolute Gasteiger partial charge is 0.373 e. The maximum atomic E-state index is 13.5. The smallest absolute Gasteiger partial charge is 0.363 e. The Morgan fingerprint density at radius 1 is 1.07 bits per heavy atom. The Labute approximate surface area is 173 Å². The van der Waals surface area contributed by atoms with Crippen molar-refractivity contribution >= 4 is 17.4 Å². The van der Waals surface area contributed by atoms with E-state index in [9.17, 15) is 19.7 Å². The van der Waals surface area contributed by atoms with Crippen molar-refractivity contribution < 1.29 is 19.2 Å². The number of aromatic nitrogens is 1. The summed E-state index contributed by atoms with van der Waals surface area (Å²) in [6.45, 7) is 5.93. The molecule has 3 aliphatic rings. The number of ether oxygens (including phenoxy) is 1. The Morgan fingerprint density at radius 2 is 1.73 bits per heavy atom. The van der Waals surface area contributed by atoms with E-state index in [0.717, 1.165) is 27.8 Å². The van der Waals surface area contributed by atoms with Gasteiger partial charge in [0.05, 0.1) is 24.0 Å². The number of hydrogen-bond donors (Lipinski definition) is 0. The van der Waals surface area contributed by atoms with E-state index < -0.39 is 22.7 Å². The molecule has 1 aromatic carbocycles. The van der Waals surface area contributed by atoms with Crippen LogP contribution in [0.3, 0.4) is 0 Å². The summed E-state index contributed by atoms with van der Waals surface area (Å²) >= 11 is 0. The minimum Gasteiger partial charge on any atom is -0.373 e. The van der Waals surface area contributed by atoms with Crippen LogP contribution in [0.2, 0.25) is 0 Å². The third kappa shape index (κ3) is 2.58. The van der Waals surface area contributed by atoms with Crippen LogP contribution in [0.1, 0.15) is 46.1 Å². The van der Waals surface area contributed by atoms with Crippen LogP contribution in [0.4, 0.5) is 5.82 Å². The minimum atomic E-state index is -0.719. The van der Waals surface area contributed by atoms with E-state index in [4.69, 9.17) is 4.74 Å². The highest BCUT2D eigenvalue weighted by atomic mass is 16.6. The van der Waals surface area contributed by atoms with Crippen molar-refractivity contribution in [2.75, 3.05) is 0 Å². The zero-order valence-electron chi connectivity index (χ0n) is 17.0. The quantitative estimate of drug-likeness (QED) is 0.440. The van der Waals surface area contributed by atoms with E-state index in [0.29, 0.717) is 6.42 Å². The van der Waals surface area contributed by atoms with Gasteiger partial charge in [-0.2, -0.15) is 0 Å². The number of ketones is 2. The van der Waals surface area contributed by atoms with Crippen LogP contribution < -0.4 is 0 Å².